The number of rotatable bonds is 7. The molecule has 0 aliphatic carbocycles. The molecule has 1 saturated heterocycles. The van der Waals surface area contributed by atoms with E-state index in [2.05, 4.69) is 67.3 Å². The van der Waals surface area contributed by atoms with E-state index >= 15 is 0 Å². The van der Waals surface area contributed by atoms with Crippen LogP contribution in [0.4, 0.5) is 5.69 Å². The van der Waals surface area contributed by atoms with E-state index in [0.29, 0.717) is 11.8 Å². The Labute approximate surface area is 152 Å². The highest BCUT2D eigenvalue weighted by molar-refractivity contribution is 5.49. The van der Waals surface area contributed by atoms with Crippen LogP contribution in [-0.4, -0.2) is 20.2 Å². The van der Waals surface area contributed by atoms with Crippen LogP contribution in [-0.2, 0) is 0 Å². The second kappa shape index (κ2) is 8.42. The Morgan fingerprint density at radius 1 is 0.800 bits per heavy atom. The summed E-state index contributed by atoms with van der Waals surface area (Å²) in [5, 5.41) is 0. The molecule has 2 nitrogen and oxygen atoms in total. The normalized spacial score (nSPS) is 16.7. The van der Waals surface area contributed by atoms with Gasteiger partial charge in [-0.3, -0.25) is 0 Å². The lowest BCUT2D eigenvalue weighted by Crippen LogP contribution is -2.17. The highest BCUT2D eigenvalue weighted by Gasteiger charge is 2.22. The number of benzene rings is 2. The SMILES string of the molecule is CCC(c1ccc(OC)cc1)C(CC)c1ccc(N2CCCC2)cc1. The summed E-state index contributed by atoms with van der Waals surface area (Å²) >= 11 is 0. The second-order valence-corrected chi connectivity index (χ2v) is 7.09. The van der Waals surface area contributed by atoms with E-state index in [1.54, 1.807) is 7.11 Å². The lowest BCUT2D eigenvalue weighted by atomic mass is 9.78. The lowest BCUT2D eigenvalue weighted by molar-refractivity contribution is 0.414. The summed E-state index contributed by atoms with van der Waals surface area (Å²) in [6.07, 6.45) is 4.97. The van der Waals surface area contributed by atoms with Crippen LogP contribution in [0.5, 0.6) is 5.75 Å². The van der Waals surface area contributed by atoms with Gasteiger partial charge in [0.25, 0.3) is 0 Å². The number of hydrogen-bond acceptors (Lipinski definition) is 2. The van der Waals surface area contributed by atoms with Crippen molar-refractivity contribution in [1.29, 1.82) is 0 Å². The molecule has 1 aliphatic rings. The van der Waals surface area contributed by atoms with Gasteiger partial charge < -0.3 is 9.64 Å². The van der Waals surface area contributed by atoms with Crippen molar-refractivity contribution in [2.75, 3.05) is 25.1 Å². The Morgan fingerprint density at radius 2 is 1.28 bits per heavy atom. The van der Waals surface area contributed by atoms with Crippen LogP contribution in [0.1, 0.15) is 62.5 Å². The minimum absolute atomic E-state index is 0.550. The Morgan fingerprint density at radius 3 is 1.72 bits per heavy atom. The van der Waals surface area contributed by atoms with E-state index in [1.165, 1.54) is 42.7 Å². The van der Waals surface area contributed by atoms with E-state index in [9.17, 15) is 0 Å². The summed E-state index contributed by atoms with van der Waals surface area (Å²) in [5.74, 6) is 2.04. The minimum Gasteiger partial charge on any atom is -0.497 e. The van der Waals surface area contributed by atoms with Crippen LogP contribution in [0.2, 0.25) is 0 Å². The largest absolute Gasteiger partial charge is 0.497 e. The van der Waals surface area contributed by atoms with E-state index in [0.717, 1.165) is 18.6 Å². The van der Waals surface area contributed by atoms with E-state index < -0.39 is 0 Å². The minimum atomic E-state index is 0.550. The third kappa shape index (κ3) is 4.00. The van der Waals surface area contributed by atoms with Gasteiger partial charge in [0.1, 0.15) is 5.75 Å². The Balaban J connectivity index is 1.80. The first kappa shape index (κ1) is 17.8. The molecule has 0 saturated carbocycles. The number of anilines is 1. The maximum Gasteiger partial charge on any atom is 0.118 e. The highest BCUT2D eigenvalue weighted by atomic mass is 16.5. The molecule has 0 amide bonds. The predicted molar refractivity (Wildman–Crippen MR) is 107 cm³/mol. The monoisotopic (exact) mass is 337 g/mol. The predicted octanol–water partition coefficient (Wildman–Crippen LogP) is 5.98. The maximum absolute atomic E-state index is 5.31. The van der Waals surface area contributed by atoms with Gasteiger partial charge in [0.2, 0.25) is 0 Å². The first-order valence-corrected chi connectivity index (χ1v) is 9.75. The van der Waals surface area contributed by atoms with Gasteiger partial charge in [-0.2, -0.15) is 0 Å². The summed E-state index contributed by atoms with van der Waals surface area (Å²) in [6.45, 7) is 7.03. The number of hydrogen-bond donors (Lipinski definition) is 0. The molecule has 0 N–H and O–H groups in total. The Kier molecular flexibility index (Phi) is 6.01. The zero-order valence-corrected chi connectivity index (χ0v) is 15.9. The number of nitrogens with zero attached hydrogens (tertiary/aromatic N) is 1. The second-order valence-electron chi connectivity index (χ2n) is 7.09. The zero-order chi connectivity index (χ0) is 17.6. The smallest absolute Gasteiger partial charge is 0.118 e. The molecule has 3 rings (SSSR count). The van der Waals surface area contributed by atoms with Crippen LogP contribution in [0.3, 0.4) is 0 Å². The molecule has 0 bridgehead atoms. The third-order valence-corrected chi connectivity index (χ3v) is 5.70. The van der Waals surface area contributed by atoms with Crippen LogP contribution < -0.4 is 9.64 Å². The van der Waals surface area contributed by atoms with Crippen molar-refractivity contribution >= 4 is 5.69 Å². The van der Waals surface area contributed by atoms with Gasteiger partial charge in [-0.1, -0.05) is 38.1 Å². The topological polar surface area (TPSA) is 12.5 Å². The first-order chi connectivity index (χ1) is 12.3. The van der Waals surface area contributed by atoms with Crippen molar-refractivity contribution in [3.63, 3.8) is 0 Å². The summed E-state index contributed by atoms with van der Waals surface area (Å²) in [4.78, 5) is 2.51. The van der Waals surface area contributed by atoms with Crippen molar-refractivity contribution in [3.8, 4) is 5.75 Å². The first-order valence-electron chi connectivity index (χ1n) is 9.75. The van der Waals surface area contributed by atoms with Crippen molar-refractivity contribution < 1.29 is 4.74 Å². The summed E-state index contributed by atoms with van der Waals surface area (Å²) < 4.78 is 5.31. The third-order valence-electron chi connectivity index (χ3n) is 5.70. The molecule has 2 atom stereocenters. The fourth-order valence-corrected chi connectivity index (χ4v) is 4.26. The summed E-state index contributed by atoms with van der Waals surface area (Å²) in [7, 11) is 1.73. The molecular formula is C23H31NO. The van der Waals surface area contributed by atoms with Crippen LogP contribution >= 0.6 is 0 Å². The van der Waals surface area contributed by atoms with Gasteiger partial charge in [0, 0.05) is 18.8 Å². The average Bonchev–Trinajstić information content (AvgIpc) is 3.21. The van der Waals surface area contributed by atoms with Gasteiger partial charge in [0.05, 0.1) is 7.11 Å². The molecule has 0 radical (unpaired) electrons. The molecule has 2 unspecified atom stereocenters. The van der Waals surface area contributed by atoms with E-state index in [4.69, 9.17) is 4.74 Å². The zero-order valence-electron chi connectivity index (χ0n) is 15.9. The average molecular weight is 338 g/mol. The summed E-state index contributed by atoms with van der Waals surface area (Å²) in [6, 6.07) is 18.0. The standard InChI is InChI=1S/C23H31NO/c1-4-22(23(5-2)19-10-14-21(25-3)15-11-19)18-8-12-20(13-9-18)24-16-6-7-17-24/h8-15,22-23H,4-7,16-17H2,1-3H3. The fourth-order valence-electron chi connectivity index (χ4n) is 4.26. The number of ether oxygens (including phenoxy) is 1. The summed E-state index contributed by atoms with van der Waals surface area (Å²) in [5.41, 5.74) is 4.26. The van der Waals surface area contributed by atoms with Gasteiger partial charge in [-0.05, 0) is 72.9 Å². The molecule has 25 heavy (non-hydrogen) atoms. The fraction of sp³-hybridized carbons (Fsp3) is 0.478. The van der Waals surface area contributed by atoms with Crippen molar-refractivity contribution in [2.45, 2.75) is 51.4 Å². The molecule has 1 heterocycles. The van der Waals surface area contributed by atoms with Crippen LogP contribution in [0.25, 0.3) is 0 Å². The number of methoxy groups -OCH3 is 1. The van der Waals surface area contributed by atoms with Gasteiger partial charge in [-0.25, -0.2) is 0 Å². The molecule has 1 aliphatic heterocycles. The van der Waals surface area contributed by atoms with Gasteiger partial charge in [0.15, 0.2) is 0 Å². The van der Waals surface area contributed by atoms with E-state index in [1.807, 2.05) is 0 Å². The Bertz CT molecular complexity index is 641. The van der Waals surface area contributed by atoms with Crippen molar-refractivity contribution in [3.05, 3.63) is 59.7 Å². The van der Waals surface area contributed by atoms with E-state index in [-0.39, 0.29) is 0 Å². The maximum atomic E-state index is 5.31. The van der Waals surface area contributed by atoms with Crippen LogP contribution in [0, 0.1) is 0 Å². The lowest BCUT2D eigenvalue weighted by Gasteiger charge is -2.27. The molecule has 2 aromatic carbocycles. The Hall–Kier alpha value is -1.96. The van der Waals surface area contributed by atoms with Gasteiger partial charge >= 0.3 is 0 Å². The van der Waals surface area contributed by atoms with Gasteiger partial charge in [-0.15, -0.1) is 0 Å². The van der Waals surface area contributed by atoms with Crippen molar-refractivity contribution in [1.82, 2.24) is 0 Å². The molecule has 0 spiro atoms. The molecule has 2 aromatic rings. The molecule has 1 fully saturated rings. The van der Waals surface area contributed by atoms with Crippen molar-refractivity contribution in [2.24, 2.45) is 0 Å². The molecule has 134 valence electrons. The molecule has 0 aromatic heterocycles. The van der Waals surface area contributed by atoms with Crippen LogP contribution in [0.15, 0.2) is 48.5 Å². The molecule has 2 heteroatoms. The highest BCUT2D eigenvalue weighted by Crippen LogP contribution is 2.39. The quantitative estimate of drug-likeness (QED) is 0.616. The molecular weight excluding hydrogens is 306 g/mol.